The molecule has 2 aliphatic rings. The molecule has 1 amide bonds. The molecule has 0 bridgehead atoms. The van der Waals surface area contributed by atoms with Crippen LogP contribution in [0.15, 0.2) is 30.5 Å². The number of hydrogen-bond acceptors (Lipinski definition) is 3. The van der Waals surface area contributed by atoms with Crippen molar-refractivity contribution < 1.29 is 4.79 Å². The minimum Gasteiger partial charge on any atom is -0.361 e. The fourth-order valence-electron chi connectivity index (χ4n) is 7.00. The number of nitrogens with zero attached hydrogens (tertiary/aromatic N) is 3. The summed E-state index contributed by atoms with van der Waals surface area (Å²) in [5.74, 6) is 0.210. The Morgan fingerprint density at radius 1 is 0.860 bits per heavy atom. The van der Waals surface area contributed by atoms with Gasteiger partial charge in [0.25, 0.3) is 0 Å². The largest absolute Gasteiger partial charge is 0.361 e. The lowest BCUT2D eigenvalue weighted by atomic mass is 9.79. The van der Waals surface area contributed by atoms with Crippen LogP contribution in [0.5, 0.6) is 0 Å². The predicted octanol–water partition coefficient (Wildman–Crippen LogP) is 8.94. The van der Waals surface area contributed by atoms with E-state index in [-0.39, 0.29) is 11.8 Å². The highest BCUT2D eigenvalue weighted by atomic mass is 16.2. The van der Waals surface area contributed by atoms with Crippen molar-refractivity contribution in [3.05, 3.63) is 41.6 Å². The lowest BCUT2D eigenvalue weighted by Crippen LogP contribution is -2.47. The number of aromatic amines is 1. The minimum atomic E-state index is -0.0445. The van der Waals surface area contributed by atoms with Crippen molar-refractivity contribution in [3.8, 4) is 0 Å². The Morgan fingerprint density at radius 2 is 1.44 bits per heavy atom. The summed E-state index contributed by atoms with van der Waals surface area (Å²) in [5.41, 5.74) is 5.21. The third kappa shape index (κ3) is 10.8. The van der Waals surface area contributed by atoms with Crippen LogP contribution in [0.25, 0.3) is 16.5 Å². The molecule has 2 aromatic rings. The first-order chi connectivity index (χ1) is 20.9. The van der Waals surface area contributed by atoms with E-state index in [1.807, 2.05) is 4.90 Å². The number of carbonyl (C=O) groups excluding carboxylic acids is 1. The molecule has 0 radical (unpaired) electrons. The summed E-state index contributed by atoms with van der Waals surface area (Å²) < 4.78 is 0. The predicted molar refractivity (Wildman–Crippen MR) is 187 cm³/mol. The zero-order valence-electron chi connectivity index (χ0n) is 28.7. The third-order valence-electron chi connectivity index (χ3n) is 9.62. The molecule has 2 heterocycles. The van der Waals surface area contributed by atoms with Gasteiger partial charge in [-0.25, -0.2) is 0 Å². The maximum Gasteiger partial charge on any atom is 0.230 e. The molecule has 0 unspecified atom stereocenters. The van der Waals surface area contributed by atoms with E-state index in [9.17, 15) is 4.79 Å². The number of unbranched alkanes of at least 4 members (excludes halogenated alkanes) is 13. The number of carbonyl (C=O) groups is 1. The first-order valence-electron chi connectivity index (χ1n) is 17.9. The Hall–Kier alpha value is -2.11. The topological polar surface area (TPSA) is 42.6 Å². The molecule has 1 aliphatic carbocycles. The van der Waals surface area contributed by atoms with Gasteiger partial charge in [0.2, 0.25) is 5.91 Å². The molecule has 4 rings (SSSR count). The molecular weight excluding hydrogens is 528 g/mol. The first kappa shape index (κ1) is 35.4. The van der Waals surface area contributed by atoms with Crippen molar-refractivity contribution in [2.24, 2.45) is 5.92 Å². The summed E-state index contributed by atoms with van der Waals surface area (Å²) in [6.07, 6.45) is 25.7. The van der Waals surface area contributed by atoms with Gasteiger partial charge in [-0.15, -0.1) is 0 Å². The van der Waals surface area contributed by atoms with Gasteiger partial charge in [-0.2, -0.15) is 0 Å². The quantitative estimate of drug-likeness (QED) is 0.176. The van der Waals surface area contributed by atoms with E-state index in [1.54, 1.807) is 0 Å². The summed E-state index contributed by atoms with van der Waals surface area (Å²) in [7, 11) is 6.49. The molecule has 0 saturated heterocycles. The highest BCUT2D eigenvalue weighted by Gasteiger charge is 2.36. The van der Waals surface area contributed by atoms with E-state index in [0.717, 1.165) is 26.1 Å². The molecule has 5 nitrogen and oxygen atoms in total. The van der Waals surface area contributed by atoms with Crippen LogP contribution in [-0.4, -0.2) is 79.0 Å². The summed E-state index contributed by atoms with van der Waals surface area (Å²) >= 11 is 0. The molecule has 0 spiro atoms. The van der Waals surface area contributed by atoms with Crippen LogP contribution in [0.4, 0.5) is 0 Å². The van der Waals surface area contributed by atoms with E-state index in [1.165, 1.54) is 124 Å². The number of aromatic nitrogens is 1. The van der Waals surface area contributed by atoms with Crippen LogP contribution in [0.1, 0.15) is 122 Å². The second kappa shape index (κ2) is 19.3. The molecule has 5 heteroatoms. The van der Waals surface area contributed by atoms with E-state index < -0.39 is 0 Å². The average Bonchev–Trinajstić information content (AvgIpc) is 3.42. The van der Waals surface area contributed by atoms with Gasteiger partial charge in [-0.1, -0.05) is 109 Å². The van der Waals surface area contributed by atoms with Gasteiger partial charge in [0.1, 0.15) is 0 Å². The third-order valence-corrected chi connectivity index (χ3v) is 9.62. The zero-order valence-corrected chi connectivity index (χ0v) is 28.7. The van der Waals surface area contributed by atoms with Crippen LogP contribution in [0.2, 0.25) is 0 Å². The fraction of sp³-hybridized carbons (Fsp3) is 0.711. The van der Waals surface area contributed by atoms with Gasteiger partial charge < -0.3 is 14.8 Å². The fourth-order valence-corrected chi connectivity index (χ4v) is 7.00. The van der Waals surface area contributed by atoms with Crippen molar-refractivity contribution in [3.63, 3.8) is 0 Å². The Kier molecular flexibility index (Phi) is 15.9. The lowest BCUT2D eigenvalue weighted by Gasteiger charge is -2.40. The van der Waals surface area contributed by atoms with Crippen molar-refractivity contribution in [1.29, 1.82) is 0 Å². The van der Waals surface area contributed by atoms with Gasteiger partial charge in [0, 0.05) is 42.8 Å². The van der Waals surface area contributed by atoms with Crippen LogP contribution >= 0.6 is 0 Å². The smallest absolute Gasteiger partial charge is 0.230 e. The number of rotatable bonds is 18. The van der Waals surface area contributed by atoms with Gasteiger partial charge >= 0.3 is 0 Å². The molecule has 1 N–H and O–H groups in total. The standard InChI is InChI=1S/C20H25N3O.C18H39N/c1-4-23(5-2)20(24)14-9-16-15-7-6-8-17-19(15)13(11-21-17)10-18(16)22(3)12-14;1-4-5-6-7-8-9-10-11-12-13-14-15-16-17-18-19(2)3/h6-9,11,14,18,21H,4-5,10,12H2,1-3H3;4-18H2,1-3H3/t14-,18-;/m1./s1. The van der Waals surface area contributed by atoms with E-state index in [0.29, 0.717) is 6.04 Å². The Balaban J connectivity index is 0.000000244. The zero-order chi connectivity index (χ0) is 31.0. The molecule has 1 aliphatic heterocycles. The average molecular weight is 593 g/mol. The molecule has 43 heavy (non-hydrogen) atoms. The molecule has 0 fully saturated rings. The summed E-state index contributed by atoms with van der Waals surface area (Å²) in [4.78, 5) is 22.9. The molecule has 1 aromatic carbocycles. The number of nitrogens with one attached hydrogen (secondary N) is 1. The lowest BCUT2D eigenvalue weighted by molar-refractivity contribution is -0.134. The number of amides is 1. The number of hydrogen-bond donors (Lipinski definition) is 1. The second-order valence-corrected chi connectivity index (χ2v) is 13.3. The highest BCUT2D eigenvalue weighted by Crippen LogP contribution is 2.41. The van der Waals surface area contributed by atoms with Crippen molar-refractivity contribution >= 4 is 22.4 Å². The van der Waals surface area contributed by atoms with Gasteiger partial charge in [0.15, 0.2) is 0 Å². The summed E-state index contributed by atoms with van der Waals surface area (Å²) in [6, 6.07) is 6.82. The first-order valence-corrected chi connectivity index (χ1v) is 17.9. The van der Waals surface area contributed by atoms with E-state index in [4.69, 9.17) is 0 Å². The number of benzene rings is 1. The monoisotopic (exact) mass is 593 g/mol. The number of H-pyrrole nitrogens is 1. The van der Waals surface area contributed by atoms with Gasteiger partial charge in [0.05, 0.1) is 5.92 Å². The maximum atomic E-state index is 12.9. The minimum absolute atomic E-state index is 0.0445. The Bertz CT molecular complexity index is 1100. The van der Waals surface area contributed by atoms with E-state index >= 15 is 0 Å². The molecule has 0 saturated carbocycles. The SMILES string of the molecule is CCCCCCCCCCCCCCCCN(C)C.CCN(CC)C(=O)[C@@H]1C=C2c3cccc4[nH]cc(c34)C[C@H]2N(C)C1. The normalized spacial score (nSPS) is 17.9. The Morgan fingerprint density at radius 3 is 2.00 bits per heavy atom. The second-order valence-electron chi connectivity index (χ2n) is 13.3. The van der Waals surface area contributed by atoms with Crippen molar-refractivity contribution in [1.82, 2.24) is 19.7 Å². The van der Waals surface area contributed by atoms with E-state index in [2.05, 4.69) is 87.2 Å². The number of fused-ring (bicyclic) bond motifs is 2. The molecule has 1 aromatic heterocycles. The van der Waals surface area contributed by atoms with Crippen LogP contribution < -0.4 is 0 Å². The molecular formula is C38H64N4O. The highest BCUT2D eigenvalue weighted by molar-refractivity contribution is 5.99. The maximum absolute atomic E-state index is 12.9. The molecule has 242 valence electrons. The van der Waals surface area contributed by atoms with Gasteiger partial charge in [-0.05, 0) is 77.1 Å². The van der Waals surface area contributed by atoms with Crippen molar-refractivity contribution in [2.45, 2.75) is 123 Å². The van der Waals surface area contributed by atoms with Gasteiger partial charge in [-0.3, -0.25) is 9.69 Å². The summed E-state index contributed by atoms with van der Waals surface area (Å²) in [6.45, 7) is 10.0. The van der Waals surface area contributed by atoms with Crippen LogP contribution in [0.3, 0.4) is 0 Å². The summed E-state index contributed by atoms with van der Waals surface area (Å²) in [5, 5.41) is 1.34. The van der Waals surface area contributed by atoms with Crippen LogP contribution in [-0.2, 0) is 11.2 Å². The van der Waals surface area contributed by atoms with Crippen molar-refractivity contribution in [2.75, 3.05) is 47.3 Å². The number of likely N-dealkylation sites (N-methyl/N-ethyl adjacent to an activating group) is 1. The Labute approximate surface area is 264 Å². The molecule has 2 atom stereocenters. The van der Waals surface area contributed by atoms with Crippen LogP contribution in [0, 0.1) is 5.92 Å².